The van der Waals surface area contributed by atoms with Gasteiger partial charge in [-0.1, -0.05) is 0 Å². The zero-order valence-electron chi connectivity index (χ0n) is 9.33. The third-order valence-corrected chi connectivity index (χ3v) is 2.61. The Morgan fingerprint density at radius 2 is 2.28 bits per heavy atom. The molecule has 0 aliphatic heterocycles. The van der Waals surface area contributed by atoms with Gasteiger partial charge in [-0.15, -0.1) is 0 Å². The molecule has 1 rings (SSSR count). The lowest BCUT2D eigenvalue weighted by Gasteiger charge is -2.24. The van der Waals surface area contributed by atoms with Gasteiger partial charge in [0.2, 0.25) is 0 Å². The number of hydrogen-bond donors (Lipinski definition) is 2. The van der Waals surface area contributed by atoms with Gasteiger partial charge in [-0.05, 0) is 22.9 Å². The molecule has 0 aliphatic carbocycles. The summed E-state index contributed by atoms with van der Waals surface area (Å²) in [6, 6.07) is 1.35. The molecular weight excluding hydrogens is 319 g/mol. The highest BCUT2D eigenvalue weighted by Crippen LogP contribution is 2.21. The van der Waals surface area contributed by atoms with E-state index in [1.807, 2.05) is 0 Å². The molecule has 0 saturated heterocycles. The Kier molecular flexibility index (Phi) is 4.74. The van der Waals surface area contributed by atoms with Crippen LogP contribution in [0.2, 0.25) is 0 Å². The lowest BCUT2D eigenvalue weighted by atomic mass is 10.3. The van der Waals surface area contributed by atoms with Crippen LogP contribution in [0, 0.1) is 0 Å². The predicted molar refractivity (Wildman–Crippen MR) is 59.9 cm³/mol. The minimum atomic E-state index is -4.75. The molecule has 0 saturated carbocycles. The van der Waals surface area contributed by atoms with Crippen molar-refractivity contribution in [3.63, 3.8) is 0 Å². The molecule has 1 amide bonds. The number of aliphatic hydroxyl groups excluding tert-OH is 1. The van der Waals surface area contributed by atoms with Gasteiger partial charge in [-0.25, -0.2) is 0 Å². The summed E-state index contributed by atoms with van der Waals surface area (Å²) in [5.41, 5.74) is -0.0156. The standard InChI is InChI=1S/C9H11BrF3N3O2/c1-2-16(4-6(17)9(11,12)13)8(18)5-3-7(10)15-14-5/h3,6,17H,2,4H2,1H3,(H,14,15). The second-order valence-corrected chi connectivity index (χ2v) is 4.36. The number of amides is 1. The quantitative estimate of drug-likeness (QED) is 0.880. The Balaban J connectivity index is 2.75. The molecule has 0 bridgehead atoms. The van der Waals surface area contributed by atoms with E-state index in [9.17, 15) is 18.0 Å². The number of likely N-dealkylation sites (N-methyl/N-ethyl adjacent to an activating group) is 1. The Morgan fingerprint density at radius 3 is 2.67 bits per heavy atom. The van der Waals surface area contributed by atoms with Gasteiger partial charge in [0.15, 0.2) is 11.8 Å². The van der Waals surface area contributed by atoms with Gasteiger partial charge < -0.3 is 10.0 Å². The average Bonchev–Trinajstić information content (AvgIpc) is 2.70. The summed E-state index contributed by atoms with van der Waals surface area (Å²) < 4.78 is 37.0. The van der Waals surface area contributed by atoms with Crippen molar-refractivity contribution in [2.24, 2.45) is 0 Å². The molecule has 1 heterocycles. The smallest absolute Gasteiger partial charge is 0.382 e. The zero-order valence-corrected chi connectivity index (χ0v) is 10.9. The Morgan fingerprint density at radius 1 is 1.67 bits per heavy atom. The van der Waals surface area contributed by atoms with E-state index in [1.54, 1.807) is 0 Å². The molecule has 1 aromatic rings. The third-order valence-electron chi connectivity index (χ3n) is 2.21. The molecule has 5 nitrogen and oxygen atoms in total. The number of H-pyrrole nitrogens is 1. The first kappa shape index (κ1) is 15.0. The number of nitrogens with one attached hydrogen (secondary N) is 1. The molecule has 0 radical (unpaired) electrons. The summed E-state index contributed by atoms with van der Waals surface area (Å²) in [6.45, 7) is 0.739. The number of alkyl halides is 3. The number of aliphatic hydroxyl groups is 1. The van der Waals surface area contributed by atoms with E-state index < -0.39 is 24.7 Å². The molecular formula is C9H11BrF3N3O2. The summed E-state index contributed by atoms with van der Waals surface area (Å²) in [5, 5.41) is 15.0. The second kappa shape index (κ2) is 5.70. The SMILES string of the molecule is CCN(CC(O)C(F)(F)F)C(=O)c1cc(Br)[nH]n1. The molecule has 1 unspecified atom stereocenters. The van der Waals surface area contributed by atoms with Gasteiger partial charge in [-0.3, -0.25) is 9.89 Å². The Hall–Kier alpha value is -1.09. The fourth-order valence-corrected chi connectivity index (χ4v) is 1.54. The van der Waals surface area contributed by atoms with Crippen molar-refractivity contribution < 1.29 is 23.1 Å². The van der Waals surface area contributed by atoms with Gasteiger partial charge >= 0.3 is 6.18 Å². The second-order valence-electron chi connectivity index (χ2n) is 3.50. The molecule has 1 atom stereocenters. The first-order chi connectivity index (χ1) is 8.25. The van der Waals surface area contributed by atoms with Crippen LogP contribution in [0.15, 0.2) is 10.7 Å². The minimum Gasteiger partial charge on any atom is -0.382 e. The van der Waals surface area contributed by atoms with Crippen LogP contribution in [-0.4, -0.2) is 51.5 Å². The van der Waals surface area contributed by atoms with Crippen molar-refractivity contribution in [3.05, 3.63) is 16.4 Å². The van der Waals surface area contributed by atoms with Crippen LogP contribution in [0.4, 0.5) is 13.2 Å². The number of carbonyl (C=O) groups excluding carboxylic acids is 1. The fourth-order valence-electron chi connectivity index (χ4n) is 1.24. The summed E-state index contributed by atoms with van der Waals surface area (Å²) in [4.78, 5) is 12.7. The summed E-state index contributed by atoms with van der Waals surface area (Å²) >= 11 is 3.04. The Labute approximate surface area is 109 Å². The number of nitrogens with zero attached hydrogens (tertiary/aromatic N) is 2. The summed E-state index contributed by atoms with van der Waals surface area (Å²) in [5.74, 6) is -0.678. The van der Waals surface area contributed by atoms with E-state index in [2.05, 4.69) is 26.1 Å². The highest BCUT2D eigenvalue weighted by Gasteiger charge is 2.40. The van der Waals surface area contributed by atoms with Crippen LogP contribution >= 0.6 is 15.9 Å². The average molecular weight is 330 g/mol. The molecule has 9 heteroatoms. The van der Waals surface area contributed by atoms with Crippen molar-refractivity contribution in [1.82, 2.24) is 15.1 Å². The molecule has 0 aromatic carbocycles. The van der Waals surface area contributed by atoms with E-state index in [4.69, 9.17) is 5.11 Å². The van der Waals surface area contributed by atoms with E-state index in [0.717, 1.165) is 4.90 Å². The van der Waals surface area contributed by atoms with Crippen molar-refractivity contribution in [3.8, 4) is 0 Å². The third kappa shape index (κ3) is 3.70. The lowest BCUT2D eigenvalue weighted by Crippen LogP contribution is -2.43. The van der Waals surface area contributed by atoms with Crippen LogP contribution in [0.3, 0.4) is 0 Å². The maximum Gasteiger partial charge on any atom is 0.416 e. The number of rotatable bonds is 4. The lowest BCUT2D eigenvalue weighted by molar-refractivity contribution is -0.206. The van der Waals surface area contributed by atoms with Crippen LogP contribution in [-0.2, 0) is 0 Å². The van der Waals surface area contributed by atoms with Crippen molar-refractivity contribution >= 4 is 21.8 Å². The van der Waals surface area contributed by atoms with Crippen LogP contribution in [0.5, 0.6) is 0 Å². The van der Waals surface area contributed by atoms with Gasteiger partial charge in [0.05, 0.1) is 6.54 Å². The maximum absolute atomic E-state index is 12.2. The summed E-state index contributed by atoms with van der Waals surface area (Å²) in [6.07, 6.45) is -7.32. The number of halogens is 4. The van der Waals surface area contributed by atoms with Crippen LogP contribution in [0.25, 0.3) is 0 Å². The normalized spacial score (nSPS) is 13.4. The van der Waals surface area contributed by atoms with Crippen molar-refractivity contribution in [2.45, 2.75) is 19.2 Å². The predicted octanol–water partition coefficient (Wildman–Crippen LogP) is 1.56. The van der Waals surface area contributed by atoms with Crippen molar-refractivity contribution in [1.29, 1.82) is 0 Å². The zero-order chi connectivity index (χ0) is 13.9. The van der Waals surface area contributed by atoms with Crippen LogP contribution < -0.4 is 0 Å². The van der Waals surface area contributed by atoms with Gasteiger partial charge in [-0.2, -0.15) is 18.3 Å². The number of aromatic nitrogens is 2. The Bertz CT molecular complexity index is 421. The molecule has 0 aliphatic rings. The first-order valence-corrected chi connectivity index (χ1v) is 5.80. The number of aromatic amines is 1. The number of carbonyl (C=O) groups is 1. The van der Waals surface area contributed by atoms with Gasteiger partial charge in [0.25, 0.3) is 5.91 Å². The molecule has 102 valence electrons. The van der Waals surface area contributed by atoms with Crippen molar-refractivity contribution in [2.75, 3.05) is 13.1 Å². The topological polar surface area (TPSA) is 69.2 Å². The van der Waals surface area contributed by atoms with E-state index in [0.29, 0.717) is 4.60 Å². The molecule has 0 spiro atoms. The molecule has 2 N–H and O–H groups in total. The highest BCUT2D eigenvalue weighted by molar-refractivity contribution is 9.10. The molecule has 0 fully saturated rings. The largest absolute Gasteiger partial charge is 0.416 e. The molecule has 18 heavy (non-hydrogen) atoms. The van der Waals surface area contributed by atoms with Gasteiger partial charge in [0.1, 0.15) is 4.60 Å². The van der Waals surface area contributed by atoms with E-state index in [1.165, 1.54) is 13.0 Å². The minimum absolute atomic E-state index is 0.0156. The maximum atomic E-state index is 12.2. The summed E-state index contributed by atoms with van der Waals surface area (Å²) in [7, 11) is 0. The van der Waals surface area contributed by atoms with E-state index in [-0.39, 0.29) is 12.2 Å². The monoisotopic (exact) mass is 329 g/mol. The number of hydrogen-bond acceptors (Lipinski definition) is 3. The fraction of sp³-hybridized carbons (Fsp3) is 0.556. The van der Waals surface area contributed by atoms with Gasteiger partial charge in [0, 0.05) is 12.6 Å². The molecule has 1 aromatic heterocycles. The van der Waals surface area contributed by atoms with Crippen LogP contribution in [0.1, 0.15) is 17.4 Å². The highest BCUT2D eigenvalue weighted by atomic mass is 79.9. The van der Waals surface area contributed by atoms with E-state index >= 15 is 0 Å². The first-order valence-electron chi connectivity index (χ1n) is 5.00.